The number of benzene rings is 1. The van der Waals surface area contributed by atoms with Crippen molar-refractivity contribution in [3.63, 3.8) is 0 Å². The first-order valence-corrected chi connectivity index (χ1v) is 5.51. The monoisotopic (exact) mass is 243 g/mol. The standard InChI is InChI=1S/C13H13N3O2/c1-9-4-3-5-11(10(9)2)15-12-6-7-14-8-13(12)16(17)18/h3-8H,1-2H3,(H,14,15). The van der Waals surface area contributed by atoms with E-state index in [1.807, 2.05) is 32.0 Å². The predicted molar refractivity (Wildman–Crippen MR) is 70.1 cm³/mol. The number of nitrogens with zero attached hydrogens (tertiary/aromatic N) is 2. The maximum atomic E-state index is 10.9. The molecule has 0 saturated heterocycles. The second-order valence-electron chi connectivity index (χ2n) is 4.02. The fourth-order valence-electron chi connectivity index (χ4n) is 1.67. The van der Waals surface area contributed by atoms with Crippen LogP contribution in [-0.2, 0) is 0 Å². The Balaban J connectivity index is 2.40. The summed E-state index contributed by atoms with van der Waals surface area (Å²) in [6.07, 6.45) is 2.77. The average Bonchev–Trinajstić information content (AvgIpc) is 2.35. The number of aryl methyl sites for hydroxylation is 1. The number of nitrogens with one attached hydrogen (secondary N) is 1. The van der Waals surface area contributed by atoms with Crippen LogP contribution in [0.5, 0.6) is 0 Å². The van der Waals surface area contributed by atoms with Crippen LogP contribution in [0.1, 0.15) is 11.1 Å². The van der Waals surface area contributed by atoms with Crippen molar-refractivity contribution in [1.82, 2.24) is 4.98 Å². The number of anilines is 2. The first kappa shape index (κ1) is 12.0. The van der Waals surface area contributed by atoms with Gasteiger partial charge in [0.2, 0.25) is 0 Å². The summed E-state index contributed by atoms with van der Waals surface area (Å²) < 4.78 is 0. The van der Waals surface area contributed by atoms with E-state index in [0.717, 1.165) is 16.8 Å². The van der Waals surface area contributed by atoms with Crippen LogP contribution < -0.4 is 5.32 Å². The minimum Gasteiger partial charge on any atom is -0.350 e. The maximum absolute atomic E-state index is 10.9. The lowest BCUT2D eigenvalue weighted by Crippen LogP contribution is -1.99. The zero-order valence-corrected chi connectivity index (χ0v) is 10.2. The summed E-state index contributed by atoms with van der Waals surface area (Å²) in [7, 11) is 0. The molecule has 5 nitrogen and oxygen atoms in total. The van der Waals surface area contributed by atoms with Gasteiger partial charge in [-0.1, -0.05) is 12.1 Å². The van der Waals surface area contributed by atoms with E-state index in [4.69, 9.17) is 0 Å². The Morgan fingerprint density at radius 1 is 1.22 bits per heavy atom. The zero-order valence-electron chi connectivity index (χ0n) is 10.2. The highest BCUT2D eigenvalue weighted by molar-refractivity contribution is 5.70. The molecule has 0 unspecified atom stereocenters. The molecule has 0 amide bonds. The van der Waals surface area contributed by atoms with Crippen LogP contribution in [0.4, 0.5) is 17.1 Å². The largest absolute Gasteiger partial charge is 0.350 e. The van der Waals surface area contributed by atoms with Crippen molar-refractivity contribution in [3.05, 3.63) is 57.9 Å². The SMILES string of the molecule is Cc1cccc(Nc2ccncc2[N+](=O)[O-])c1C. The smallest absolute Gasteiger partial charge is 0.310 e. The van der Waals surface area contributed by atoms with Crippen molar-refractivity contribution in [1.29, 1.82) is 0 Å². The van der Waals surface area contributed by atoms with Crippen molar-refractivity contribution in [3.8, 4) is 0 Å². The third-order valence-electron chi connectivity index (χ3n) is 2.87. The van der Waals surface area contributed by atoms with Crippen LogP contribution in [0.15, 0.2) is 36.7 Å². The van der Waals surface area contributed by atoms with Gasteiger partial charge in [0.05, 0.1) is 4.92 Å². The van der Waals surface area contributed by atoms with Crippen molar-refractivity contribution < 1.29 is 4.92 Å². The van der Waals surface area contributed by atoms with Gasteiger partial charge in [0.25, 0.3) is 0 Å². The highest BCUT2D eigenvalue weighted by Gasteiger charge is 2.14. The van der Waals surface area contributed by atoms with Gasteiger partial charge < -0.3 is 5.32 Å². The van der Waals surface area contributed by atoms with Gasteiger partial charge in [-0.25, -0.2) is 0 Å². The summed E-state index contributed by atoms with van der Waals surface area (Å²) in [6, 6.07) is 7.41. The lowest BCUT2D eigenvalue weighted by atomic mass is 10.1. The molecule has 1 aromatic carbocycles. The summed E-state index contributed by atoms with van der Waals surface area (Å²) in [5.74, 6) is 0. The summed E-state index contributed by atoms with van der Waals surface area (Å²) >= 11 is 0. The van der Waals surface area contributed by atoms with E-state index in [-0.39, 0.29) is 5.69 Å². The Labute approximate surface area is 105 Å². The molecule has 0 radical (unpaired) electrons. The molecule has 92 valence electrons. The summed E-state index contributed by atoms with van der Waals surface area (Å²) in [5.41, 5.74) is 3.49. The molecule has 2 aromatic rings. The van der Waals surface area contributed by atoms with Gasteiger partial charge >= 0.3 is 5.69 Å². The molecule has 1 heterocycles. The lowest BCUT2D eigenvalue weighted by Gasteiger charge is -2.11. The van der Waals surface area contributed by atoms with Gasteiger partial charge in [0.1, 0.15) is 11.9 Å². The summed E-state index contributed by atoms with van der Waals surface area (Å²) in [5, 5.41) is 14.0. The molecule has 0 saturated carbocycles. The van der Waals surface area contributed by atoms with E-state index < -0.39 is 4.92 Å². The van der Waals surface area contributed by atoms with E-state index in [2.05, 4.69) is 10.3 Å². The Bertz CT molecular complexity index is 597. The molecule has 0 aliphatic rings. The molecule has 0 fully saturated rings. The fraction of sp³-hybridized carbons (Fsp3) is 0.154. The van der Waals surface area contributed by atoms with Gasteiger partial charge in [-0.15, -0.1) is 0 Å². The summed E-state index contributed by atoms with van der Waals surface area (Å²) in [6.45, 7) is 3.98. The normalized spacial score (nSPS) is 10.1. The highest BCUT2D eigenvalue weighted by Crippen LogP contribution is 2.28. The molecule has 1 aromatic heterocycles. The lowest BCUT2D eigenvalue weighted by molar-refractivity contribution is -0.384. The van der Waals surface area contributed by atoms with Crippen LogP contribution >= 0.6 is 0 Å². The minimum atomic E-state index is -0.444. The van der Waals surface area contributed by atoms with Crippen LogP contribution in [0.3, 0.4) is 0 Å². The molecule has 1 N–H and O–H groups in total. The highest BCUT2D eigenvalue weighted by atomic mass is 16.6. The minimum absolute atomic E-state index is 0.0293. The Morgan fingerprint density at radius 3 is 2.72 bits per heavy atom. The molecular weight excluding hydrogens is 230 g/mol. The second kappa shape index (κ2) is 4.83. The van der Waals surface area contributed by atoms with E-state index in [0.29, 0.717) is 5.69 Å². The number of aromatic nitrogens is 1. The first-order chi connectivity index (χ1) is 8.59. The van der Waals surface area contributed by atoms with Crippen molar-refractivity contribution >= 4 is 17.1 Å². The molecule has 0 spiro atoms. The van der Waals surface area contributed by atoms with Gasteiger partial charge in [0, 0.05) is 11.9 Å². The van der Waals surface area contributed by atoms with Crippen molar-refractivity contribution in [2.24, 2.45) is 0 Å². The Kier molecular flexibility index (Phi) is 3.23. The van der Waals surface area contributed by atoms with E-state index >= 15 is 0 Å². The quantitative estimate of drug-likeness (QED) is 0.663. The Morgan fingerprint density at radius 2 is 2.00 bits per heavy atom. The molecule has 0 bridgehead atoms. The van der Waals surface area contributed by atoms with Gasteiger partial charge in [-0.2, -0.15) is 0 Å². The molecule has 18 heavy (non-hydrogen) atoms. The van der Waals surface area contributed by atoms with Crippen LogP contribution in [0, 0.1) is 24.0 Å². The number of hydrogen-bond acceptors (Lipinski definition) is 4. The third-order valence-corrected chi connectivity index (χ3v) is 2.87. The number of rotatable bonds is 3. The fourth-order valence-corrected chi connectivity index (χ4v) is 1.67. The molecule has 2 rings (SSSR count). The summed E-state index contributed by atoms with van der Waals surface area (Å²) in [4.78, 5) is 14.2. The van der Waals surface area contributed by atoms with Crippen molar-refractivity contribution in [2.45, 2.75) is 13.8 Å². The van der Waals surface area contributed by atoms with Crippen LogP contribution in [-0.4, -0.2) is 9.91 Å². The first-order valence-electron chi connectivity index (χ1n) is 5.51. The maximum Gasteiger partial charge on any atom is 0.310 e. The van der Waals surface area contributed by atoms with Crippen molar-refractivity contribution in [2.75, 3.05) is 5.32 Å². The zero-order chi connectivity index (χ0) is 13.1. The second-order valence-corrected chi connectivity index (χ2v) is 4.02. The Hall–Kier alpha value is -2.43. The number of hydrogen-bond donors (Lipinski definition) is 1. The van der Waals surface area contributed by atoms with Crippen LogP contribution in [0.25, 0.3) is 0 Å². The number of pyridine rings is 1. The van der Waals surface area contributed by atoms with Gasteiger partial charge in [-0.3, -0.25) is 15.1 Å². The molecule has 0 aliphatic carbocycles. The van der Waals surface area contributed by atoms with Gasteiger partial charge in [0.15, 0.2) is 0 Å². The van der Waals surface area contributed by atoms with Gasteiger partial charge in [-0.05, 0) is 37.1 Å². The predicted octanol–water partition coefficient (Wildman–Crippen LogP) is 3.35. The molecule has 0 aliphatic heterocycles. The third kappa shape index (κ3) is 2.29. The van der Waals surface area contributed by atoms with E-state index in [1.54, 1.807) is 6.07 Å². The molecule has 0 atom stereocenters. The number of nitro groups is 1. The van der Waals surface area contributed by atoms with E-state index in [9.17, 15) is 10.1 Å². The van der Waals surface area contributed by atoms with E-state index in [1.165, 1.54) is 12.4 Å². The average molecular weight is 243 g/mol. The topological polar surface area (TPSA) is 68.1 Å². The molecular formula is C13H13N3O2. The van der Waals surface area contributed by atoms with Crippen LogP contribution in [0.2, 0.25) is 0 Å². The molecule has 5 heteroatoms.